The molecular formula is C15H21IN8O. The lowest BCUT2D eigenvalue weighted by Gasteiger charge is -2.10. The van der Waals surface area contributed by atoms with Crippen LogP contribution in [0.5, 0.6) is 0 Å². The Labute approximate surface area is 162 Å². The predicted molar refractivity (Wildman–Crippen MR) is 104 cm³/mol. The van der Waals surface area contributed by atoms with Gasteiger partial charge in [0.1, 0.15) is 12.4 Å². The van der Waals surface area contributed by atoms with E-state index in [1.807, 2.05) is 30.8 Å². The van der Waals surface area contributed by atoms with E-state index < -0.39 is 0 Å². The summed E-state index contributed by atoms with van der Waals surface area (Å²) >= 11 is 0. The summed E-state index contributed by atoms with van der Waals surface area (Å²) in [6.07, 6.45) is 3.36. The summed E-state index contributed by atoms with van der Waals surface area (Å²) in [7, 11) is 1.91. The number of hydrogen-bond donors (Lipinski definition) is 3. The van der Waals surface area contributed by atoms with Crippen LogP contribution >= 0.6 is 24.0 Å². The van der Waals surface area contributed by atoms with Gasteiger partial charge in [0, 0.05) is 19.8 Å². The van der Waals surface area contributed by atoms with Gasteiger partial charge in [-0.3, -0.25) is 9.78 Å². The van der Waals surface area contributed by atoms with Crippen LogP contribution < -0.4 is 10.6 Å². The fourth-order valence-corrected chi connectivity index (χ4v) is 2.13. The molecule has 3 N–H and O–H groups in total. The van der Waals surface area contributed by atoms with Crippen LogP contribution in [0, 0.1) is 0 Å². The number of nitrogens with zero attached hydrogens (tertiary/aromatic N) is 5. The minimum absolute atomic E-state index is 0. The fraction of sp³-hybridized carbons (Fsp3) is 0.333. The minimum Gasteiger partial charge on any atom is -0.461 e. The van der Waals surface area contributed by atoms with Crippen LogP contribution in [0.3, 0.4) is 0 Å². The Morgan fingerprint density at radius 2 is 2.24 bits per heavy atom. The summed E-state index contributed by atoms with van der Waals surface area (Å²) in [5, 5.41) is 17.6. The quantitative estimate of drug-likeness (QED) is 0.296. The van der Waals surface area contributed by atoms with Crippen molar-refractivity contribution in [2.75, 3.05) is 6.54 Å². The first-order chi connectivity index (χ1) is 11.8. The van der Waals surface area contributed by atoms with E-state index in [9.17, 15) is 0 Å². The van der Waals surface area contributed by atoms with Gasteiger partial charge in [0.25, 0.3) is 0 Å². The van der Waals surface area contributed by atoms with E-state index in [0.717, 1.165) is 12.2 Å². The summed E-state index contributed by atoms with van der Waals surface area (Å²) in [6.45, 7) is 3.81. The average molecular weight is 456 g/mol. The second kappa shape index (κ2) is 9.20. The zero-order valence-corrected chi connectivity index (χ0v) is 16.4. The highest BCUT2D eigenvalue weighted by Crippen LogP contribution is 2.14. The van der Waals surface area contributed by atoms with Crippen molar-refractivity contribution in [1.82, 2.24) is 35.6 Å². The molecule has 0 radical (unpaired) electrons. The third-order valence-electron chi connectivity index (χ3n) is 3.36. The number of halogens is 1. The molecular weight excluding hydrogens is 435 g/mol. The number of aryl methyl sites for hydroxylation is 1. The molecule has 0 aliphatic heterocycles. The first-order valence-corrected chi connectivity index (χ1v) is 7.70. The van der Waals surface area contributed by atoms with Crippen LogP contribution in [-0.2, 0) is 20.1 Å². The number of hydrogen-bond acceptors (Lipinski definition) is 5. The van der Waals surface area contributed by atoms with Crippen molar-refractivity contribution in [3.05, 3.63) is 42.2 Å². The van der Waals surface area contributed by atoms with Gasteiger partial charge in [-0.1, -0.05) is 0 Å². The monoisotopic (exact) mass is 456 g/mol. The second-order valence-corrected chi connectivity index (χ2v) is 5.08. The van der Waals surface area contributed by atoms with Crippen LogP contribution in [0.4, 0.5) is 0 Å². The number of rotatable bonds is 6. The van der Waals surface area contributed by atoms with Gasteiger partial charge in [0.05, 0.1) is 18.5 Å². The number of aromatic amines is 1. The van der Waals surface area contributed by atoms with Gasteiger partial charge in [-0.25, -0.2) is 9.98 Å². The third-order valence-corrected chi connectivity index (χ3v) is 3.36. The lowest BCUT2D eigenvalue weighted by molar-refractivity contribution is 0.577. The van der Waals surface area contributed by atoms with Crippen molar-refractivity contribution in [2.24, 2.45) is 12.0 Å². The number of H-pyrrole nitrogens is 1. The molecule has 9 nitrogen and oxygen atoms in total. The van der Waals surface area contributed by atoms with Gasteiger partial charge in [0.2, 0.25) is 5.82 Å². The standard InChI is InChI=1S/C15H20N8O.HI/c1-3-16-15(17-9-11-6-7-19-23(11)2)18-10-13-20-14(22-21-13)12-5-4-8-24-12;/h4-8H,3,9-10H2,1-2H3,(H2,16,17,18)(H,20,21,22);1H. The lowest BCUT2D eigenvalue weighted by atomic mass is 10.4. The van der Waals surface area contributed by atoms with Crippen LogP contribution in [0.2, 0.25) is 0 Å². The van der Waals surface area contributed by atoms with E-state index in [1.165, 1.54) is 0 Å². The smallest absolute Gasteiger partial charge is 0.216 e. The Hall–Kier alpha value is -2.37. The van der Waals surface area contributed by atoms with Crippen LogP contribution in [0.25, 0.3) is 11.6 Å². The largest absolute Gasteiger partial charge is 0.461 e. The van der Waals surface area contributed by atoms with Crippen molar-refractivity contribution in [3.8, 4) is 11.6 Å². The Bertz CT molecular complexity index is 792. The van der Waals surface area contributed by atoms with Gasteiger partial charge in [-0.2, -0.15) is 5.10 Å². The van der Waals surface area contributed by atoms with Gasteiger partial charge in [0.15, 0.2) is 11.7 Å². The average Bonchev–Trinajstić information content (AvgIpc) is 3.31. The Balaban J connectivity index is 0.00000225. The van der Waals surface area contributed by atoms with Crippen molar-refractivity contribution >= 4 is 29.9 Å². The molecule has 0 atom stereocenters. The summed E-state index contributed by atoms with van der Waals surface area (Å²) < 4.78 is 7.10. The molecule has 0 saturated carbocycles. The topological polar surface area (TPSA) is 109 Å². The normalized spacial score (nSPS) is 11.2. The Kier molecular flexibility index (Phi) is 6.98. The number of aromatic nitrogens is 5. The summed E-state index contributed by atoms with van der Waals surface area (Å²) in [4.78, 5) is 8.88. The zero-order valence-electron chi connectivity index (χ0n) is 14.1. The van der Waals surface area contributed by atoms with E-state index in [1.54, 1.807) is 18.5 Å². The molecule has 0 aliphatic rings. The molecule has 134 valence electrons. The van der Waals surface area contributed by atoms with Gasteiger partial charge in [-0.05, 0) is 25.1 Å². The predicted octanol–water partition coefficient (Wildman–Crippen LogP) is 1.67. The molecule has 10 heteroatoms. The first-order valence-electron chi connectivity index (χ1n) is 7.70. The highest BCUT2D eigenvalue weighted by Gasteiger charge is 2.08. The minimum atomic E-state index is 0. The van der Waals surface area contributed by atoms with E-state index in [4.69, 9.17) is 4.42 Å². The van der Waals surface area contributed by atoms with Crippen molar-refractivity contribution in [2.45, 2.75) is 20.0 Å². The molecule has 3 heterocycles. The fourth-order valence-electron chi connectivity index (χ4n) is 2.13. The van der Waals surface area contributed by atoms with Gasteiger partial charge < -0.3 is 15.1 Å². The van der Waals surface area contributed by atoms with Crippen LogP contribution in [-0.4, -0.2) is 37.5 Å². The molecule has 0 unspecified atom stereocenters. The van der Waals surface area contributed by atoms with Crippen LogP contribution in [0.15, 0.2) is 40.1 Å². The maximum Gasteiger partial charge on any atom is 0.216 e. The van der Waals surface area contributed by atoms with Gasteiger partial charge >= 0.3 is 0 Å². The van der Waals surface area contributed by atoms with Crippen molar-refractivity contribution in [3.63, 3.8) is 0 Å². The van der Waals surface area contributed by atoms with Crippen LogP contribution in [0.1, 0.15) is 18.4 Å². The third kappa shape index (κ3) is 5.05. The van der Waals surface area contributed by atoms with E-state index in [2.05, 4.69) is 35.9 Å². The highest BCUT2D eigenvalue weighted by molar-refractivity contribution is 14.0. The number of furan rings is 1. The van der Waals surface area contributed by atoms with Crippen molar-refractivity contribution < 1.29 is 4.42 Å². The maximum absolute atomic E-state index is 5.27. The number of nitrogens with one attached hydrogen (secondary N) is 3. The molecule has 0 fully saturated rings. The molecule has 25 heavy (non-hydrogen) atoms. The Morgan fingerprint density at radius 1 is 1.36 bits per heavy atom. The van der Waals surface area contributed by atoms with Gasteiger partial charge in [-0.15, -0.1) is 29.1 Å². The molecule has 0 aliphatic carbocycles. The zero-order chi connectivity index (χ0) is 16.8. The van der Waals surface area contributed by atoms with E-state index in [0.29, 0.717) is 36.5 Å². The summed E-state index contributed by atoms with van der Waals surface area (Å²) in [5.41, 5.74) is 1.07. The lowest BCUT2D eigenvalue weighted by Crippen LogP contribution is -2.37. The number of guanidine groups is 1. The molecule has 0 saturated heterocycles. The summed E-state index contributed by atoms with van der Waals surface area (Å²) in [5.74, 6) is 2.52. The molecule has 3 aromatic heterocycles. The molecule has 3 aromatic rings. The van der Waals surface area contributed by atoms with E-state index >= 15 is 0 Å². The molecule has 0 aromatic carbocycles. The summed E-state index contributed by atoms with van der Waals surface area (Å²) in [6, 6.07) is 5.58. The Morgan fingerprint density at radius 3 is 2.92 bits per heavy atom. The molecule has 0 amide bonds. The first kappa shape index (κ1) is 19.0. The second-order valence-electron chi connectivity index (χ2n) is 5.08. The maximum atomic E-state index is 5.27. The SMILES string of the molecule is CCNC(=NCc1nc(-c2ccco2)n[nH]1)NCc1ccnn1C.I. The molecule has 3 rings (SSSR count). The highest BCUT2D eigenvalue weighted by atomic mass is 127. The van der Waals surface area contributed by atoms with Crippen molar-refractivity contribution in [1.29, 1.82) is 0 Å². The number of aliphatic imine (C=N–C) groups is 1. The molecule has 0 spiro atoms. The van der Waals surface area contributed by atoms with E-state index in [-0.39, 0.29) is 24.0 Å². The molecule has 0 bridgehead atoms.